The van der Waals surface area contributed by atoms with Crippen molar-refractivity contribution in [2.24, 2.45) is 35.5 Å². The van der Waals surface area contributed by atoms with Gasteiger partial charge in [0.05, 0.1) is 31.6 Å². The third-order valence-electron chi connectivity index (χ3n) is 15.4. The molecule has 80 heavy (non-hydrogen) atoms. The van der Waals surface area contributed by atoms with E-state index < -0.39 is 150 Å². The predicted molar refractivity (Wildman–Crippen MR) is 294 cm³/mol. The fraction of sp³-hybridized carbons (Fsp3) is 0.627. The monoisotopic (exact) mass is 1120 g/mol. The third kappa shape index (κ3) is 15.9. The first kappa shape index (κ1) is 63.9. The summed E-state index contributed by atoms with van der Waals surface area (Å²) in [5, 5.41) is 20.1. The van der Waals surface area contributed by atoms with Crippen LogP contribution in [-0.4, -0.2) is 167 Å². The number of aliphatic hydroxyl groups excluding tert-OH is 1. The van der Waals surface area contributed by atoms with E-state index in [-0.39, 0.29) is 44.1 Å². The lowest BCUT2D eigenvalue weighted by Crippen LogP contribution is -2.62. The van der Waals surface area contributed by atoms with Crippen molar-refractivity contribution in [3.8, 4) is 5.75 Å². The zero-order valence-electron chi connectivity index (χ0n) is 48.6. The summed E-state index contributed by atoms with van der Waals surface area (Å²) in [7, 11) is 4.24. The van der Waals surface area contributed by atoms with Crippen LogP contribution in [0.5, 0.6) is 5.75 Å². The molecular weight excluding hydrogens is 1030 g/mol. The molecular formula is C59H84N6O15. The van der Waals surface area contributed by atoms with Gasteiger partial charge in [-0.05, 0) is 92.5 Å². The Kier molecular flexibility index (Phi) is 22.8. The van der Waals surface area contributed by atoms with E-state index in [0.717, 1.165) is 4.90 Å². The largest absolute Gasteiger partial charge is 0.497 e. The number of aliphatic hydroxyl groups is 1. The SMILES string of the molecule is CC[C@H](C)[C@H]1NC(=O)[C@@H](NC(=O)[C@@H](CC(C)C)N(C)C(=O)C2C=C3C=CC=CC3OC2=O)[C@@H](C)OC(=O)[C@H](Cc2ccc(OC)cc2)N(C)C(=O)C2CCCN2C(=O)[C@H](CC(C)C)NC(=O)[C@@H](C)C(=O)[C@H](C(C)C)OC(=O)C[C@@H]1O. The molecule has 1 aromatic rings. The summed E-state index contributed by atoms with van der Waals surface area (Å²) in [5.74, 6) is -12.1. The van der Waals surface area contributed by atoms with Crippen LogP contribution >= 0.6 is 0 Å². The van der Waals surface area contributed by atoms with Gasteiger partial charge < -0.3 is 54.7 Å². The van der Waals surface area contributed by atoms with E-state index in [1.807, 2.05) is 27.7 Å². The molecule has 5 rings (SSSR count). The molecule has 13 atom stereocenters. The maximum Gasteiger partial charge on any atom is 0.329 e. The van der Waals surface area contributed by atoms with Gasteiger partial charge in [-0.25, -0.2) is 4.79 Å². The van der Waals surface area contributed by atoms with Gasteiger partial charge in [-0.2, -0.15) is 0 Å². The third-order valence-corrected chi connectivity index (χ3v) is 15.4. The number of hydrogen-bond acceptors (Lipinski definition) is 15. The summed E-state index contributed by atoms with van der Waals surface area (Å²) >= 11 is 0. The molecule has 1 aliphatic carbocycles. The Bertz CT molecular complexity index is 2540. The second-order valence-corrected chi connectivity index (χ2v) is 22.8. The van der Waals surface area contributed by atoms with Gasteiger partial charge in [-0.1, -0.05) is 98.2 Å². The summed E-state index contributed by atoms with van der Waals surface area (Å²) in [5.41, 5.74) is 1.14. The first-order valence-corrected chi connectivity index (χ1v) is 28.0. The normalized spacial score (nSPS) is 28.5. The minimum atomic E-state index is -1.78. The van der Waals surface area contributed by atoms with Crippen LogP contribution in [0.15, 0.2) is 60.2 Å². The molecule has 21 nitrogen and oxygen atoms in total. The number of fused-ring (bicyclic) bond motifs is 2. The number of benzene rings is 1. The fourth-order valence-corrected chi connectivity index (χ4v) is 10.4. The molecule has 4 N–H and O–H groups in total. The van der Waals surface area contributed by atoms with Gasteiger partial charge in [0, 0.05) is 27.1 Å². The second kappa shape index (κ2) is 28.5. The van der Waals surface area contributed by atoms with Crippen LogP contribution in [0, 0.1) is 35.5 Å². The molecule has 21 heteroatoms. The maximum absolute atomic E-state index is 15.0. The van der Waals surface area contributed by atoms with Crippen molar-refractivity contribution in [3.63, 3.8) is 0 Å². The first-order chi connectivity index (χ1) is 37.7. The maximum atomic E-state index is 15.0. The van der Waals surface area contributed by atoms with Crippen molar-refractivity contribution in [3.05, 3.63) is 65.8 Å². The summed E-state index contributed by atoms with van der Waals surface area (Å²) < 4.78 is 22.8. The Morgan fingerprint density at radius 2 is 1.55 bits per heavy atom. The Labute approximate surface area is 469 Å². The van der Waals surface area contributed by atoms with Crippen molar-refractivity contribution in [1.29, 1.82) is 0 Å². The number of amides is 6. The van der Waals surface area contributed by atoms with E-state index in [4.69, 9.17) is 18.9 Å². The standard InChI is InChI=1S/C59H84N6O15/c1-14-34(8)48-45(66)30-47(67)80-51(33(6)7)50(68)35(9)52(69)60-41(26-31(2)3)56(73)65-25-17-19-42(65)57(74)64(12)44(28-37-21-23-39(77-13)24-22-37)59(76)78-36(10)49(54(71)61-48)62-53(70)43(27-32(4)5)63(11)55(72)40-29-38-18-15-16-20-46(38)79-58(40)75/h15-16,18,20-24,29,31-36,40-46,48-49,51,66H,14,17,19,25-28,30H2,1-13H3,(H,60,69)(H,61,71)(H,62,70)/t34-,35-,36+,40?,41-,42?,43+,44-,45-,46?,48+,49-,51-/m0/s1. The van der Waals surface area contributed by atoms with E-state index in [9.17, 15) is 48.3 Å². The van der Waals surface area contributed by atoms with Crippen LogP contribution in [0.4, 0.5) is 0 Å². The van der Waals surface area contributed by atoms with Gasteiger partial charge >= 0.3 is 17.9 Å². The molecule has 2 saturated heterocycles. The molecule has 1 aromatic carbocycles. The van der Waals surface area contributed by atoms with Crippen LogP contribution < -0.4 is 20.7 Å². The number of carbonyl (C=O) groups is 10. The zero-order valence-corrected chi connectivity index (χ0v) is 48.6. The Balaban J connectivity index is 1.62. The number of allylic oxidation sites excluding steroid dienone is 2. The van der Waals surface area contributed by atoms with Gasteiger partial charge in [0.2, 0.25) is 35.4 Å². The first-order valence-electron chi connectivity index (χ1n) is 28.0. The van der Waals surface area contributed by atoms with Crippen molar-refractivity contribution < 1.29 is 72.0 Å². The van der Waals surface area contributed by atoms with E-state index in [2.05, 4.69) is 16.0 Å². The fourth-order valence-electron chi connectivity index (χ4n) is 10.4. The van der Waals surface area contributed by atoms with Gasteiger partial charge in [0.25, 0.3) is 0 Å². The molecule has 3 unspecified atom stereocenters. The molecule has 0 bridgehead atoms. The van der Waals surface area contributed by atoms with E-state index >= 15 is 4.79 Å². The average molecular weight is 1120 g/mol. The predicted octanol–water partition coefficient (Wildman–Crippen LogP) is 3.54. The molecule has 3 aliphatic heterocycles. The number of esters is 3. The van der Waals surface area contributed by atoms with Crippen LogP contribution in [0.25, 0.3) is 0 Å². The van der Waals surface area contributed by atoms with E-state index in [0.29, 0.717) is 29.7 Å². The number of Topliss-reactive ketones (excluding diaryl/α,β-unsaturated/α-hetero) is 1. The Hall–Kier alpha value is -6.90. The van der Waals surface area contributed by atoms with Crippen molar-refractivity contribution in [2.75, 3.05) is 27.7 Å². The number of ketones is 1. The summed E-state index contributed by atoms with van der Waals surface area (Å²) in [6, 6.07) is -1.29. The summed E-state index contributed by atoms with van der Waals surface area (Å²) in [6.07, 6.45) is 3.20. The van der Waals surface area contributed by atoms with Crippen LogP contribution in [0.2, 0.25) is 0 Å². The molecule has 3 heterocycles. The quantitative estimate of drug-likeness (QED) is 0.118. The van der Waals surface area contributed by atoms with Gasteiger partial charge in [-0.3, -0.25) is 43.2 Å². The minimum absolute atomic E-state index is 0.0368. The van der Waals surface area contributed by atoms with Crippen molar-refractivity contribution in [2.45, 2.75) is 175 Å². The summed E-state index contributed by atoms with van der Waals surface area (Å²) in [6.45, 7) is 16.9. The highest BCUT2D eigenvalue weighted by atomic mass is 16.6. The van der Waals surface area contributed by atoms with Gasteiger partial charge in [-0.15, -0.1) is 0 Å². The number of ether oxygens (including phenoxy) is 4. The lowest BCUT2D eigenvalue weighted by atomic mass is 9.91. The van der Waals surface area contributed by atoms with Crippen LogP contribution in [0.1, 0.15) is 113 Å². The second-order valence-electron chi connectivity index (χ2n) is 22.8. The molecule has 0 saturated carbocycles. The number of hydrogen-bond donors (Lipinski definition) is 4. The smallest absolute Gasteiger partial charge is 0.329 e. The van der Waals surface area contributed by atoms with Gasteiger partial charge in [0.15, 0.2) is 17.8 Å². The molecule has 6 amide bonds. The lowest BCUT2D eigenvalue weighted by Gasteiger charge is -2.36. The van der Waals surface area contributed by atoms with Crippen molar-refractivity contribution in [1.82, 2.24) is 30.7 Å². The van der Waals surface area contributed by atoms with E-state index in [1.165, 1.54) is 50.9 Å². The number of likely N-dealkylation sites (N-methyl/N-ethyl adjacent to an activating group) is 2. The highest BCUT2D eigenvalue weighted by Crippen LogP contribution is 2.29. The molecule has 0 radical (unpaired) electrons. The highest BCUT2D eigenvalue weighted by Gasteiger charge is 2.46. The number of rotatable bonds is 14. The van der Waals surface area contributed by atoms with Crippen LogP contribution in [-0.2, 0) is 68.6 Å². The highest BCUT2D eigenvalue weighted by molar-refractivity contribution is 6.05. The molecule has 4 aliphatic rings. The molecule has 440 valence electrons. The number of nitrogens with one attached hydrogen (secondary N) is 3. The molecule has 0 spiro atoms. The van der Waals surface area contributed by atoms with Crippen LogP contribution in [0.3, 0.4) is 0 Å². The van der Waals surface area contributed by atoms with Crippen molar-refractivity contribution >= 4 is 59.1 Å². The Morgan fingerprint density at radius 1 is 0.875 bits per heavy atom. The number of cyclic esters (lactones) is 2. The number of carbonyl (C=O) groups excluding carboxylic acids is 10. The Morgan fingerprint density at radius 3 is 2.16 bits per heavy atom. The molecule has 0 aromatic heterocycles. The number of nitrogens with zero attached hydrogens (tertiary/aromatic N) is 3. The minimum Gasteiger partial charge on any atom is -0.497 e. The number of methoxy groups -OCH3 is 1. The average Bonchev–Trinajstić information content (AvgIpc) is 3.91. The van der Waals surface area contributed by atoms with E-state index in [1.54, 1.807) is 76.3 Å². The topological polar surface area (TPSA) is 274 Å². The summed E-state index contributed by atoms with van der Waals surface area (Å²) in [4.78, 5) is 148. The zero-order chi connectivity index (χ0) is 59.4. The van der Waals surface area contributed by atoms with Gasteiger partial charge in [0.1, 0.15) is 48.2 Å². The lowest BCUT2D eigenvalue weighted by molar-refractivity contribution is -0.163. The molecule has 2 fully saturated rings.